The van der Waals surface area contributed by atoms with Crippen LogP contribution in [0.1, 0.15) is 40.9 Å². The predicted molar refractivity (Wildman–Crippen MR) is 141 cm³/mol. The van der Waals surface area contributed by atoms with Crippen LogP contribution in [0.15, 0.2) is 84.9 Å². The van der Waals surface area contributed by atoms with Gasteiger partial charge < -0.3 is 9.64 Å². The lowest BCUT2D eigenvalue weighted by Gasteiger charge is -2.34. The summed E-state index contributed by atoms with van der Waals surface area (Å²) in [4.78, 5) is 18.1. The normalized spacial score (nSPS) is 16.4. The number of likely N-dealkylation sites (N-methyl/N-ethyl adjacent to an activating group) is 1. The van der Waals surface area contributed by atoms with E-state index in [-0.39, 0.29) is 18.6 Å². The molecule has 8 nitrogen and oxygen atoms in total. The molecule has 3 aromatic carbocycles. The van der Waals surface area contributed by atoms with Gasteiger partial charge in [-0.1, -0.05) is 78.0 Å². The van der Waals surface area contributed by atoms with Crippen LogP contribution in [-0.2, 0) is 11.4 Å². The van der Waals surface area contributed by atoms with Crippen molar-refractivity contribution in [3.63, 3.8) is 0 Å². The molecular formula is C29H31FN6O2. The first-order valence-electron chi connectivity index (χ1n) is 12.8. The molecule has 1 aliphatic rings. The quantitative estimate of drug-likeness (QED) is 0.342. The minimum atomic E-state index is -0.845. The van der Waals surface area contributed by atoms with Crippen molar-refractivity contribution < 1.29 is 13.9 Å². The van der Waals surface area contributed by atoms with E-state index in [1.54, 1.807) is 4.90 Å². The highest BCUT2D eigenvalue weighted by molar-refractivity contribution is 5.87. The Labute approximate surface area is 221 Å². The lowest BCUT2D eigenvalue weighted by atomic mass is 9.89. The second-order valence-corrected chi connectivity index (χ2v) is 9.55. The molecule has 196 valence electrons. The smallest absolute Gasteiger partial charge is 0.234 e. The molecule has 0 aliphatic carbocycles. The van der Waals surface area contributed by atoms with E-state index in [1.807, 2.05) is 92.0 Å². The summed E-state index contributed by atoms with van der Waals surface area (Å²) in [6.45, 7) is 1.72. The van der Waals surface area contributed by atoms with Crippen LogP contribution in [-0.4, -0.2) is 69.2 Å². The number of aromatic amines is 1. The van der Waals surface area contributed by atoms with Gasteiger partial charge in [0.1, 0.15) is 11.9 Å². The number of alkyl halides is 1. The Morgan fingerprint density at radius 3 is 2.34 bits per heavy atom. The number of rotatable bonds is 10. The van der Waals surface area contributed by atoms with Gasteiger partial charge in [0, 0.05) is 26.7 Å². The molecule has 1 aliphatic heterocycles. The number of hydrogen-bond donors (Lipinski definition) is 1. The summed E-state index contributed by atoms with van der Waals surface area (Å²) in [6.07, 6.45) is -0.336. The largest absolute Gasteiger partial charge is 0.485 e. The number of carbonyl (C=O) groups is 1. The second kappa shape index (κ2) is 12.0. The number of nitrogens with zero attached hydrogens (tertiary/aromatic N) is 5. The Balaban J connectivity index is 1.45. The maximum Gasteiger partial charge on any atom is 0.234 e. The zero-order valence-electron chi connectivity index (χ0n) is 21.3. The van der Waals surface area contributed by atoms with Gasteiger partial charge in [-0.15, -0.1) is 10.2 Å². The Kier molecular flexibility index (Phi) is 8.04. The predicted octanol–water partition coefficient (Wildman–Crippen LogP) is 4.15. The minimum absolute atomic E-state index is 0.0264. The number of aromatic nitrogens is 4. The highest BCUT2D eigenvalue weighted by Gasteiger charge is 2.33. The first-order chi connectivity index (χ1) is 18.6. The average molecular weight is 515 g/mol. The summed E-state index contributed by atoms with van der Waals surface area (Å²) < 4.78 is 20.0. The molecule has 5 rings (SSSR count). The van der Waals surface area contributed by atoms with E-state index in [1.165, 1.54) is 0 Å². The van der Waals surface area contributed by atoms with E-state index < -0.39 is 12.1 Å². The van der Waals surface area contributed by atoms with Crippen LogP contribution in [0.4, 0.5) is 4.39 Å². The first kappa shape index (κ1) is 25.5. The van der Waals surface area contributed by atoms with Crippen LogP contribution >= 0.6 is 0 Å². The standard InChI is InChI=1S/C29H31FN6O2/c1-35(29(37)28(21-9-4-2-5-10-21)22-11-6-3-7-12-22)26(19-36-16-15-24(30)18-36)23-13-8-14-25(17-23)38-20-27-31-33-34-32-27/h2-14,17,24,26,28H,15-16,18-20H2,1H3,(H,31,32,33,34)/t24-,26-/m1/s1. The number of halogens is 1. The van der Waals surface area contributed by atoms with Crippen molar-refractivity contribution in [2.45, 2.75) is 31.2 Å². The van der Waals surface area contributed by atoms with Gasteiger partial charge in [-0.05, 0) is 35.2 Å². The van der Waals surface area contributed by atoms with Crippen molar-refractivity contribution in [2.75, 3.05) is 26.7 Å². The highest BCUT2D eigenvalue weighted by Crippen LogP contribution is 2.32. The number of tetrazole rings is 1. The molecule has 0 spiro atoms. The van der Waals surface area contributed by atoms with E-state index in [4.69, 9.17) is 4.74 Å². The highest BCUT2D eigenvalue weighted by atomic mass is 19.1. The number of benzene rings is 3. The van der Waals surface area contributed by atoms with Gasteiger partial charge >= 0.3 is 0 Å². The van der Waals surface area contributed by atoms with E-state index in [2.05, 4.69) is 25.5 Å². The molecular weight excluding hydrogens is 483 g/mol. The lowest BCUT2D eigenvalue weighted by molar-refractivity contribution is -0.133. The van der Waals surface area contributed by atoms with Crippen molar-refractivity contribution in [1.29, 1.82) is 0 Å². The molecule has 0 bridgehead atoms. The monoisotopic (exact) mass is 514 g/mol. The number of ether oxygens (including phenoxy) is 1. The molecule has 1 aromatic heterocycles. The van der Waals surface area contributed by atoms with Gasteiger partial charge in [0.05, 0.1) is 12.0 Å². The molecule has 0 unspecified atom stereocenters. The molecule has 2 heterocycles. The summed E-state index contributed by atoms with van der Waals surface area (Å²) in [5, 5.41) is 13.8. The Morgan fingerprint density at radius 1 is 1.05 bits per heavy atom. The first-order valence-corrected chi connectivity index (χ1v) is 12.8. The number of nitrogens with one attached hydrogen (secondary N) is 1. The summed E-state index contributed by atoms with van der Waals surface area (Å²) in [5.41, 5.74) is 2.77. The van der Waals surface area contributed by atoms with E-state index in [9.17, 15) is 9.18 Å². The van der Waals surface area contributed by atoms with Gasteiger partial charge in [0.2, 0.25) is 11.7 Å². The van der Waals surface area contributed by atoms with Crippen LogP contribution < -0.4 is 4.74 Å². The Bertz CT molecular complexity index is 1270. The Morgan fingerprint density at radius 2 is 1.74 bits per heavy atom. The molecule has 2 atom stereocenters. The third-order valence-electron chi connectivity index (χ3n) is 6.97. The third-order valence-corrected chi connectivity index (χ3v) is 6.97. The number of H-pyrrole nitrogens is 1. The molecule has 0 radical (unpaired) electrons. The third kappa shape index (κ3) is 6.06. The van der Waals surface area contributed by atoms with Crippen LogP contribution in [0.2, 0.25) is 0 Å². The van der Waals surface area contributed by atoms with Crippen molar-refractivity contribution >= 4 is 5.91 Å². The van der Waals surface area contributed by atoms with Gasteiger partial charge in [-0.2, -0.15) is 5.21 Å². The Hall–Kier alpha value is -4.11. The van der Waals surface area contributed by atoms with E-state index >= 15 is 0 Å². The number of carbonyl (C=O) groups excluding carboxylic acids is 1. The zero-order valence-corrected chi connectivity index (χ0v) is 21.3. The summed E-state index contributed by atoms with van der Waals surface area (Å²) in [6, 6.07) is 27.0. The fourth-order valence-electron chi connectivity index (χ4n) is 4.98. The summed E-state index contributed by atoms with van der Waals surface area (Å²) in [5.74, 6) is 0.584. The zero-order chi connectivity index (χ0) is 26.3. The van der Waals surface area contributed by atoms with Crippen LogP contribution in [0.25, 0.3) is 0 Å². The van der Waals surface area contributed by atoms with E-state index in [0.29, 0.717) is 37.6 Å². The molecule has 1 fully saturated rings. The number of amides is 1. The molecule has 4 aromatic rings. The molecule has 9 heteroatoms. The number of hydrogen-bond acceptors (Lipinski definition) is 6. The molecule has 1 amide bonds. The topological polar surface area (TPSA) is 87.2 Å². The fraction of sp³-hybridized carbons (Fsp3) is 0.310. The molecule has 1 saturated heterocycles. The lowest BCUT2D eigenvalue weighted by Crippen LogP contribution is -2.41. The maximum atomic E-state index is 14.2. The molecule has 38 heavy (non-hydrogen) atoms. The minimum Gasteiger partial charge on any atom is -0.485 e. The van der Waals surface area contributed by atoms with Crippen molar-refractivity contribution in [3.8, 4) is 5.75 Å². The van der Waals surface area contributed by atoms with Gasteiger partial charge in [0.15, 0.2) is 6.61 Å². The van der Waals surface area contributed by atoms with Crippen molar-refractivity contribution in [2.24, 2.45) is 0 Å². The van der Waals surface area contributed by atoms with Crippen LogP contribution in [0.5, 0.6) is 5.75 Å². The maximum absolute atomic E-state index is 14.2. The average Bonchev–Trinajstić information content (AvgIpc) is 3.63. The van der Waals surface area contributed by atoms with Gasteiger partial charge in [-0.25, -0.2) is 4.39 Å². The fourth-order valence-corrected chi connectivity index (χ4v) is 4.98. The number of likely N-dealkylation sites (tertiary alicyclic amines) is 1. The van der Waals surface area contributed by atoms with Crippen molar-refractivity contribution in [3.05, 3.63) is 107 Å². The molecule has 0 saturated carbocycles. The van der Waals surface area contributed by atoms with Crippen LogP contribution in [0, 0.1) is 0 Å². The summed E-state index contributed by atoms with van der Waals surface area (Å²) in [7, 11) is 1.84. The van der Waals surface area contributed by atoms with Crippen LogP contribution in [0.3, 0.4) is 0 Å². The second-order valence-electron chi connectivity index (χ2n) is 9.55. The van der Waals surface area contributed by atoms with Gasteiger partial charge in [-0.3, -0.25) is 9.69 Å². The van der Waals surface area contributed by atoms with E-state index in [0.717, 1.165) is 16.7 Å². The van der Waals surface area contributed by atoms with Gasteiger partial charge in [0.25, 0.3) is 0 Å². The van der Waals surface area contributed by atoms with Crippen molar-refractivity contribution in [1.82, 2.24) is 30.4 Å². The SMILES string of the molecule is CN(C(=O)C(c1ccccc1)c1ccccc1)[C@H](CN1CC[C@@H](F)C1)c1cccc(OCc2nn[nH]n2)c1. The molecule has 1 N–H and O–H groups in total. The summed E-state index contributed by atoms with van der Waals surface area (Å²) >= 11 is 0.